The number of rotatable bonds is 4. The molecule has 0 radical (unpaired) electrons. The van der Waals surface area contributed by atoms with Gasteiger partial charge in [0, 0.05) is 19.0 Å². The molecule has 5 heteroatoms. The number of carbonyl (C=O) groups excluding carboxylic acids is 2. The van der Waals surface area contributed by atoms with Crippen molar-refractivity contribution in [1.82, 2.24) is 0 Å². The van der Waals surface area contributed by atoms with Crippen LogP contribution in [0.5, 0.6) is 0 Å². The van der Waals surface area contributed by atoms with Crippen molar-refractivity contribution in [3.8, 4) is 0 Å². The van der Waals surface area contributed by atoms with E-state index in [1.54, 1.807) is 24.3 Å². The van der Waals surface area contributed by atoms with Gasteiger partial charge in [0.05, 0.1) is 0 Å². The minimum atomic E-state index is -1.45. The number of anilines is 1. The molecule has 0 unspecified atom stereocenters. The van der Waals surface area contributed by atoms with Gasteiger partial charge in [-0.25, -0.2) is 4.79 Å². The predicted molar refractivity (Wildman–Crippen MR) is 57.1 cm³/mol. The molecule has 0 bridgehead atoms. The molecular weight excluding hydrogens is 210 g/mol. The smallest absolute Gasteiger partial charge is 0.372 e. The van der Waals surface area contributed by atoms with Gasteiger partial charge in [0.1, 0.15) is 0 Å². The van der Waals surface area contributed by atoms with Gasteiger partial charge < -0.3 is 10.4 Å². The molecule has 5 nitrogen and oxygen atoms in total. The largest absolute Gasteiger partial charge is 0.475 e. The Balaban J connectivity index is 2.78. The number of ketones is 1. The minimum absolute atomic E-state index is 0.178. The van der Waals surface area contributed by atoms with Gasteiger partial charge in [-0.05, 0) is 17.7 Å². The molecule has 0 fully saturated rings. The second-order valence-electron chi connectivity index (χ2n) is 3.29. The van der Waals surface area contributed by atoms with E-state index in [0.717, 1.165) is 0 Å². The summed E-state index contributed by atoms with van der Waals surface area (Å²) in [5.41, 5.74) is 1.10. The number of Topliss-reactive ketones (excluding diaryl/α,β-unsaturated/α-hetero) is 1. The van der Waals surface area contributed by atoms with Gasteiger partial charge in [-0.2, -0.15) is 0 Å². The zero-order valence-corrected chi connectivity index (χ0v) is 8.69. The normalized spacial score (nSPS) is 9.56. The first-order valence-electron chi connectivity index (χ1n) is 4.61. The highest BCUT2D eigenvalue weighted by Gasteiger charge is 2.12. The van der Waals surface area contributed by atoms with E-state index in [4.69, 9.17) is 5.11 Å². The molecule has 0 aliphatic carbocycles. The Morgan fingerprint density at radius 1 is 1.31 bits per heavy atom. The first kappa shape index (κ1) is 11.9. The lowest BCUT2D eigenvalue weighted by Crippen LogP contribution is -2.15. The Morgan fingerprint density at radius 3 is 2.56 bits per heavy atom. The van der Waals surface area contributed by atoms with Crippen LogP contribution in [0.3, 0.4) is 0 Å². The van der Waals surface area contributed by atoms with Crippen LogP contribution in [0.4, 0.5) is 5.69 Å². The maximum atomic E-state index is 11.0. The summed E-state index contributed by atoms with van der Waals surface area (Å²) in [6, 6.07) is 6.51. The maximum absolute atomic E-state index is 11.0. The number of carboxylic acids is 1. The number of carbonyl (C=O) groups is 3. The topological polar surface area (TPSA) is 83.5 Å². The fourth-order valence-corrected chi connectivity index (χ4v) is 1.22. The van der Waals surface area contributed by atoms with Crippen LogP contribution in [-0.4, -0.2) is 22.8 Å². The number of aliphatic carboxylic acids is 1. The fraction of sp³-hybridized carbons (Fsp3) is 0.182. The van der Waals surface area contributed by atoms with Crippen LogP contribution in [0.2, 0.25) is 0 Å². The third kappa shape index (κ3) is 3.53. The number of nitrogens with one attached hydrogen (secondary N) is 1. The van der Waals surface area contributed by atoms with Crippen LogP contribution in [-0.2, 0) is 20.8 Å². The van der Waals surface area contributed by atoms with Crippen molar-refractivity contribution in [2.24, 2.45) is 0 Å². The molecule has 0 aliphatic rings. The molecule has 0 heterocycles. The van der Waals surface area contributed by atoms with E-state index in [2.05, 4.69) is 5.32 Å². The highest BCUT2D eigenvalue weighted by atomic mass is 16.4. The van der Waals surface area contributed by atoms with E-state index in [0.29, 0.717) is 11.3 Å². The fourth-order valence-electron chi connectivity index (χ4n) is 1.22. The van der Waals surface area contributed by atoms with Gasteiger partial charge in [0.15, 0.2) is 0 Å². The predicted octanol–water partition coefficient (Wildman–Crippen LogP) is 0.841. The second-order valence-corrected chi connectivity index (χ2v) is 3.29. The monoisotopic (exact) mass is 221 g/mol. The molecule has 1 aromatic rings. The summed E-state index contributed by atoms with van der Waals surface area (Å²) in [6.07, 6.45) is -0.178. The first-order chi connectivity index (χ1) is 7.49. The minimum Gasteiger partial charge on any atom is -0.475 e. The van der Waals surface area contributed by atoms with Crippen molar-refractivity contribution in [2.45, 2.75) is 13.3 Å². The number of hydrogen-bond donors (Lipinski definition) is 2. The lowest BCUT2D eigenvalue weighted by Gasteiger charge is -2.04. The van der Waals surface area contributed by atoms with E-state index < -0.39 is 11.8 Å². The average molecular weight is 221 g/mol. The van der Waals surface area contributed by atoms with Crippen LogP contribution < -0.4 is 5.32 Å². The van der Waals surface area contributed by atoms with Crippen molar-refractivity contribution >= 4 is 23.3 Å². The number of carboxylic acid groups (broad SMARTS) is 1. The van der Waals surface area contributed by atoms with E-state index in [9.17, 15) is 14.4 Å². The van der Waals surface area contributed by atoms with Crippen LogP contribution in [0.15, 0.2) is 24.3 Å². The Kier molecular flexibility index (Phi) is 3.77. The third-order valence-electron chi connectivity index (χ3n) is 1.85. The quantitative estimate of drug-likeness (QED) is 0.738. The zero-order chi connectivity index (χ0) is 12.1. The summed E-state index contributed by atoms with van der Waals surface area (Å²) >= 11 is 0. The van der Waals surface area contributed by atoms with Gasteiger partial charge in [-0.1, -0.05) is 12.1 Å². The number of benzene rings is 1. The molecular formula is C11H11NO4. The van der Waals surface area contributed by atoms with Crippen LogP contribution in [0, 0.1) is 0 Å². The molecule has 0 saturated carbocycles. The van der Waals surface area contributed by atoms with Crippen molar-refractivity contribution in [3.63, 3.8) is 0 Å². The van der Waals surface area contributed by atoms with E-state index in [1.807, 2.05) is 0 Å². The van der Waals surface area contributed by atoms with Gasteiger partial charge >= 0.3 is 5.97 Å². The molecule has 2 N–H and O–H groups in total. The van der Waals surface area contributed by atoms with E-state index in [1.165, 1.54) is 6.92 Å². The highest BCUT2D eigenvalue weighted by molar-refractivity contribution is 6.33. The maximum Gasteiger partial charge on any atom is 0.372 e. The van der Waals surface area contributed by atoms with Crippen molar-refractivity contribution < 1.29 is 19.5 Å². The zero-order valence-electron chi connectivity index (χ0n) is 8.69. The SMILES string of the molecule is CC(=O)Nc1cccc(CC(=O)C(=O)O)c1. The van der Waals surface area contributed by atoms with Gasteiger partial charge in [0.25, 0.3) is 0 Å². The standard InChI is InChI=1S/C11H11NO4/c1-7(13)12-9-4-2-3-8(5-9)6-10(14)11(15)16/h2-5H,6H2,1H3,(H,12,13)(H,15,16). The summed E-state index contributed by atoms with van der Waals surface area (Å²) in [7, 11) is 0. The summed E-state index contributed by atoms with van der Waals surface area (Å²) in [4.78, 5) is 32.1. The molecule has 0 spiro atoms. The second kappa shape index (κ2) is 5.06. The Labute approximate surface area is 92.1 Å². The van der Waals surface area contributed by atoms with Crippen LogP contribution in [0.1, 0.15) is 12.5 Å². The third-order valence-corrected chi connectivity index (χ3v) is 1.85. The Bertz CT molecular complexity index is 439. The highest BCUT2D eigenvalue weighted by Crippen LogP contribution is 2.11. The molecule has 1 amide bonds. The summed E-state index contributed by atoms with van der Waals surface area (Å²) in [5.74, 6) is -2.55. The molecule has 0 aromatic heterocycles. The molecule has 0 saturated heterocycles. The summed E-state index contributed by atoms with van der Waals surface area (Å²) in [5, 5.41) is 11.0. The number of hydrogen-bond acceptors (Lipinski definition) is 3. The summed E-state index contributed by atoms with van der Waals surface area (Å²) in [6.45, 7) is 1.37. The lowest BCUT2D eigenvalue weighted by molar-refractivity contribution is -0.148. The van der Waals surface area contributed by atoms with Gasteiger partial charge in [-0.15, -0.1) is 0 Å². The van der Waals surface area contributed by atoms with E-state index >= 15 is 0 Å². The van der Waals surface area contributed by atoms with Crippen molar-refractivity contribution in [1.29, 1.82) is 0 Å². The molecule has 0 atom stereocenters. The molecule has 16 heavy (non-hydrogen) atoms. The molecule has 1 rings (SSSR count). The first-order valence-corrected chi connectivity index (χ1v) is 4.61. The van der Waals surface area contributed by atoms with Crippen molar-refractivity contribution in [2.75, 3.05) is 5.32 Å². The Morgan fingerprint density at radius 2 is 2.00 bits per heavy atom. The van der Waals surface area contributed by atoms with Gasteiger partial charge in [-0.3, -0.25) is 9.59 Å². The number of amides is 1. The average Bonchev–Trinajstić information content (AvgIpc) is 2.16. The Hall–Kier alpha value is -2.17. The van der Waals surface area contributed by atoms with E-state index in [-0.39, 0.29) is 12.3 Å². The van der Waals surface area contributed by atoms with Crippen molar-refractivity contribution in [3.05, 3.63) is 29.8 Å². The molecule has 0 aliphatic heterocycles. The van der Waals surface area contributed by atoms with Gasteiger partial charge in [0.2, 0.25) is 11.7 Å². The lowest BCUT2D eigenvalue weighted by atomic mass is 10.1. The molecule has 1 aromatic carbocycles. The molecule has 84 valence electrons. The van der Waals surface area contributed by atoms with Crippen LogP contribution in [0.25, 0.3) is 0 Å². The summed E-state index contributed by atoms with van der Waals surface area (Å²) < 4.78 is 0. The van der Waals surface area contributed by atoms with Crippen LogP contribution >= 0.6 is 0 Å².